The Bertz CT molecular complexity index is 650. The maximum Gasteiger partial charge on any atom is 0.0897 e. The van der Waals surface area contributed by atoms with Crippen molar-refractivity contribution in [3.05, 3.63) is 39.6 Å². The maximum absolute atomic E-state index is 4.78. The molecule has 0 aliphatic carbocycles. The number of hydrogen-bond donors (Lipinski definition) is 0. The smallest absolute Gasteiger partial charge is 0.0897 e. The average molecular weight is 316 g/mol. The van der Waals surface area contributed by atoms with E-state index in [1.807, 2.05) is 0 Å². The number of aromatic nitrogens is 2. The fraction of sp³-hybridized carbons (Fsp3) is 0.529. The first kappa shape index (κ1) is 15.4. The van der Waals surface area contributed by atoms with Gasteiger partial charge in [0.05, 0.1) is 10.7 Å². The molecule has 0 amide bonds. The number of pyridine rings is 1. The zero-order valence-electron chi connectivity index (χ0n) is 13.8. The summed E-state index contributed by atoms with van der Waals surface area (Å²) in [5.41, 5.74) is 4.79. The quantitative estimate of drug-likeness (QED) is 0.867. The van der Waals surface area contributed by atoms with Crippen LogP contribution in [0.2, 0.25) is 0 Å². The minimum absolute atomic E-state index is 0.540. The number of thiazole rings is 1. The molecule has 0 unspecified atom stereocenters. The maximum atomic E-state index is 4.78. The highest BCUT2D eigenvalue weighted by Crippen LogP contribution is 2.29. The second-order valence-electron chi connectivity index (χ2n) is 6.36. The standard InChI is InChI=1S/C17H24N4S/c1-12-7-16(20(3)4)8-17(18-12)14-5-6-21(9-14)10-15-11-22-13(2)19-15/h7-8,11,14H,5-6,9-10H2,1-4H3/t14-/m0/s1. The van der Waals surface area contributed by atoms with E-state index in [1.54, 1.807) is 11.3 Å². The molecule has 1 saturated heterocycles. The molecule has 1 fully saturated rings. The number of hydrogen-bond acceptors (Lipinski definition) is 5. The van der Waals surface area contributed by atoms with Crippen LogP contribution in [-0.2, 0) is 6.54 Å². The summed E-state index contributed by atoms with van der Waals surface area (Å²) >= 11 is 1.74. The van der Waals surface area contributed by atoms with Crippen LogP contribution in [0.3, 0.4) is 0 Å². The van der Waals surface area contributed by atoms with Crippen molar-refractivity contribution in [2.75, 3.05) is 32.1 Å². The highest BCUT2D eigenvalue weighted by molar-refractivity contribution is 7.09. The molecule has 0 N–H and O–H groups in total. The van der Waals surface area contributed by atoms with Crippen LogP contribution in [0.15, 0.2) is 17.5 Å². The molecule has 0 radical (unpaired) electrons. The van der Waals surface area contributed by atoms with Crippen LogP contribution in [0, 0.1) is 13.8 Å². The summed E-state index contributed by atoms with van der Waals surface area (Å²) in [4.78, 5) is 14.0. The normalized spacial score (nSPS) is 18.8. The van der Waals surface area contributed by atoms with Gasteiger partial charge >= 0.3 is 0 Å². The van der Waals surface area contributed by atoms with Crippen LogP contribution in [-0.4, -0.2) is 42.1 Å². The Labute approximate surface area is 136 Å². The Balaban J connectivity index is 1.69. The highest BCUT2D eigenvalue weighted by atomic mass is 32.1. The molecule has 1 aliphatic rings. The average Bonchev–Trinajstić information content (AvgIpc) is 3.08. The van der Waals surface area contributed by atoms with Gasteiger partial charge in [-0.25, -0.2) is 4.98 Å². The minimum atomic E-state index is 0.540. The lowest BCUT2D eigenvalue weighted by atomic mass is 10.0. The summed E-state index contributed by atoms with van der Waals surface area (Å²) in [6.45, 7) is 7.34. The van der Waals surface area contributed by atoms with Gasteiger partial charge in [-0.3, -0.25) is 9.88 Å². The molecule has 4 nitrogen and oxygen atoms in total. The first-order valence-electron chi connectivity index (χ1n) is 7.80. The second-order valence-corrected chi connectivity index (χ2v) is 7.43. The van der Waals surface area contributed by atoms with Crippen molar-refractivity contribution in [2.45, 2.75) is 32.7 Å². The van der Waals surface area contributed by atoms with Gasteiger partial charge in [0.15, 0.2) is 0 Å². The molecule has 5 heteroatoms. The Kier molecular flexibility index (Phi) is 4.45. The third kappa shape index (κ3) is 3.47. The Morgan fingerprint density at radius 2 is 2.09 bits per heavy atom. The largest absolute Gasteiger partial charge is 0.378 e. The summed E-state index contributed by atoms with van der Waals surface area (Å²) < 4.78 is 0. The van der Waals surface area contributed by atoms with E-state index in [9.17, 15) is 0 Å². The van der Waals surface area contributed by atoms with Gasteiger partial charge in [-0.15, -0.1) is 11.3 Å². The van der Waals surface area contributed by atoms with Gasteiger partial charge in [-0.2, -0.15) is 0 Å². The minimum Gasteiger partial charge on any atom is -0.378 e. The zero-order chi connectivity index (χ0) is 15.7. The summed E-state index contributed by atoms with van der Waals surface area (Å²) in [5, 5.41) is 3.33. The van der Waals surface area contributed by atoms with Crippen molar-refractivity contribution in [3.8, 4) is 0 Å². The fourth-order valence-corrected chi connectivity index (χ4v) is 3.67. The van der Waals surface area contributed by atoms with Crippen molar-refractivity contribution in [2.24, 2.45) is 0 Å². The van der Waals surface area contributed by atoms with Gasteiger partial charge in [-0.1, -0.05) is 0 Å². The van der Waals surface area contributed by atoms with Crippen LogP contribution < -0.4 is 4.90 Å². The monoisotopic (exact) mass is 316 g/mol. The van der Waals surface area contributed by atoms with E-state index >= 15 is 0 Å². The first-order chi connectivity index (χ1) is 10.5. The van der Waals surface area contributed by atoms with Crippen molar-refractivity contribution in [1.29, 1.82) is 0 Å². The van der Waals surface area contributed by atoms with Gasteiger partial charge in [0.1, 0.15) is 0 Å². The SMILES string of the molecule is Cc1cc(N(C)C)cc([C@H]2CCN(Cc3csc(C)n3)C2)n1. The summed E-state index contributed by atoms with van der Waals surface area (Å²) in [7, 11) is 4.17. The lowest BCUT2D eigenvalue weighted by molar-refractivity contribution is 0.323. The summed E-state index contributed by atoms with van der Waals surface area (Å²) in [6, 6.07) is 4.39. The second kappa shape index (κ2) is 6.34. The molecular weight excluding hydrogens is 292 g/mol. The van der Waals surface area contributed by atoms with E-state index in [1.165, 1.54) is 23.5 Å². The molecule has 22 heavy (non-hydrogen) atoms. The van der Waals surface area contributed by atoms with E-state index in [0.29, 0.717) is 5.92 Å². The van der Waals surface area contributed by atoms with Crippen LogP contribution in [0.25, 0.3) is 0 Å². The predicted octanol–water partition coefficient (Wildman–Crippen LogP) is 3.21. The van der Waals surface area contributed by atoms with Crippen LogP contribution in [0.4, 0.5) is 5.69 Å². The summed E-state index contributed by atoms with van der Waals surface area (Å²) in [6.07, 6.45) is 1.19. The third-order valence-electron chi connectivity index (χ3n) is 4.22. The highest BCUT2D eigenvalue weighted by Gasteiger charge is 2.25. The van der Waals surface area contributed by atoms with Gasteiger partial charge in [-0.05, 0) is 38.9 Å². The molecule has 1 aliphatic heterocycles. The number of nitrogens with zero attached hydrogens (tertiary/aromatic N) is 4. The molecule has 0 aromatic carbocycles. The number of anilines is 1. The first-order valence-corrected chi connectivity index (χ1v) is 8.68. The van der Waals surface area contributed by atoms with Crippen molar-refractivity contribution >= 4 is 17.0 Å². The number of likely N-dealkylation sites (tertiary alicyclic amines) is 1. The zero-order valence-corrected chi connectivity index (χ0v) is 14.7. The molecule has 0 spiro atoms. The number of aryl methyl sites for hydroxylation is 2. The van der Waals surface area contributed by atoms with E-state index in [0.717, 1.165) is 30.3 Å². The molecule has 2 aromatic heterocycles. The lowest BCUT2D eigenvalue weighted by Crippen LogP contribution is -2.20. The van der Waals surface area contributed by atoms with Gasteiger partial charge in [0, 0.05) is 55.6 Å². The molecule has 3 heterocycles. The van der Waals surface area contributed by atoms with Crippen LogP contribution >= 0.6 is 11.3 Å². The van der Waals surface area contributed by atoms with E-state index in [4.69, 9.17) is 4.98 Å². The topological polar surface area (TPSA) is 32.3 Å². The van der Waals surface area contributed by atoms with Crippen molar-refractivity contribution in [3.63, 3.8) is 0 Å². The summed E-state index contributed by atoms with van der Waals surface area (Å²) in [5.74, 6) is 0.540. The molecule has 0 saturated carbocycles. The lowest BCUT2D eigenvalue weighted by Gasteiger charge is -2.18. The molecular formula is C17H24N4S. The molecule has 118 valence electrons. The fourth-order valence-electron chi connectivity index (χ4n) is 3.07. The molecule has 2 aromatic rings. The Hall–Kier alpha value is -1.46. The van der Waals surface area contributed by atoms with Gasteiger partial charge in [0.25, 0.3) is 0 Å². The Morgan fingerprint density at radius 1 is 1.27 bits per heavy atom. The third-order valence-corrected chi connectivity index (χ3v) is 5.04. The van der Waals surface area contributed by atoms with Crippen molar-refractivity contribution in [1.82, 2.24) is 14.9 Å². The Morgan fingerprint density at radius 3 is 2.77 bits per heavy atom. The van der Waals surface area contributed by atoms with Gasteiger partial charge in [0.2, 0.25) is 0 Å². The molecule has 1 atom stereocenters. The van der Waals surface area contributed by atoms with E-state index < -0.39 is 0 Å². The van der Waals surface area contributed by atoms with Gasteiger partial charge < -0.3 is 4.90 Å². The molecule has 3 rings (SSSR count). The van der Waals surface area contributed by atoms with E-state index in [-0.39, 0.29) is 0 Å². The van der Waals surface area contributed by atoms with Crippen LogP contribution in [0.1, 0.15) is 34.4 Å². The van der Waals surface area contributed by atoms with E-state index in [2.05, 4.69) is 60.2 Å². The number of rotatable bonds is 4. The predicted molar refractivity (Wildman–Crippen MR) is 92.8 cm³/mol. The van der Waals surface area contributed by atoms with Crippen molar-refractivity contribution < 1.29 is 0 Å². The van der Waals surface area contributed by atoms with Crippen LogP contribution in [0.5, 0.6) is 0 Å². The molecule has 0 bridgehead atoms.